The van der Waals surface area contributed by atoms with Gasteiger partial charge in [-0.25, -0.2) is 10.0 Å². The van der Waals surface area contributed by atoms with Crippen LogP contribution in [0.5, 0.6) is 0 Å². The molecule has 4 aromatic carbocycles. The molecule has 2 aliphatic heterocycles. The number of carbonyl (C=O) groups excluding carboxylic acids is 1. The number of anilines is 2. The van der Waals surface area contributed by atoms with Crippen LogP contribution in [0.15, 0.2) is 113 Å². The number of thioether (sulfide) groups is 1. The van der Waals surface area contributed by atoms with E-state index in [2.05, 4.69) is 57.2 Å². The predicted molar refractivity (Wildman–Crippen MR) is 167 cm³/mol. The Bertz CT molecular complexity index is 1660. The molecule has 0 saturated heterocycles. The summed E-state index contributed by atoms with van der Waals surface area (Å²) < 4.78 is 0. The first-order valence-electron chi connectivity index (χ1n) is 13.2. The topological polar surface area (TPSA) is 48.3 Å². The van der Waals surface area contributed by atoms with E-state index >= 15 is 0 Å². The van der Waals surface area contributed by atoms with Gasteiger partial charge in [0.05, 0.1) is 17.1 Å². The molecule has 0 saturated carbocycles. The van der Waals surface area contributed by atoms with Gasteiger partial charge in [0.15, 0.2) is 10.8 Å². The first-order chi connectivity index (χ1) is 19.2. The molecule has 0 aliphatic carbocycles. The van der Waals surface area contributed by atoms with Gasteiger partial charge in [-0.1, -0.05) is 105 Å². The third kappa shape index (κ3) is 4.41. The van der Waals surface area contributed by atoms with E-state index in [1.165, 1.54) is 17.3 Å². The summed E-state index contributed by atoms with van der Waals surface area (Å²) in [5, 5.41) is 15.1. The van der Waals surface area contributed by atoms with E-state index < -0.39 is 4.99 Å². The molecule has 0 unspecified atom stereocenters. The van der Waals surface area contributed by atoms with Gasteiger partial charge >= 0.3 is 0 Å². The van der Waals surface area contributed by atoms with Gasteiger partial charge in [-0.15, -0.1) is 0 Å². The van der Waals surface area contributed by atoms with Crippen molar-refractivity contribution in [3.05, 3.63) is 130 Å². The number of hydrogen-bond acceptors (Lipinski definition) is 6. The van der Waals surface area contributed by atoms with Crippen molar-refractivity contribution in [1.82, 2.24) is 0 Å². The van der Waals surface area contributed by atoms with E-state index in [0.717, 1.165) is 33.8 Å². The third-order valence-electron chi connectivity index (χ3n) is 7.12. The highest BCUT2D eigenvalue weighted by molar-refractivity contribution is 8.17. The van der Waals surface area contributed by atoms with Gasteiger partial charge in [0.25, 0.3) is 0 Å². The number of hydrazone groups is 2. The summed E-state index contributed by atoms with van der Waals surface area (Å²) in [6.45, 7) is 8.19. The Morgan fingerprint density at radius 1 is 0.800 bits per heavy atom. The number of halogens is 1. The van der Waals surface area contributed by atoms with Crippen LogP contribution in [0.25, 0.3) is 0 Å². The lowest BCUT2D eigenvalue weighted by Gasteiger charge is -2.47. The van der Waals surface area contributed by atoms with Crippen LogP contribution in [0.4, 0.5) is 11.4 Å². The standard InChI is InChI=1S/C33H29ClN4OS/c1-22(39)31-36-38(27-14-10-11-25(34)21-27)33(40-31)29-16-9-8-15-28(29)30(35-37(33)26-12-6-5-7-13-26)23-17-19-24(20-18-23)32(2,3)4/h5-21H,1-4H3/t33-/m0/s1. The summed E-state index contributed by atoms with van der Waals surface area (Å²) in [5.74, 6) is -0.105. The molecular formula is C33H29ClN4OS. The molecule has 4 aromatic rings. The van der Waals surface area contributed by atoms with Crippen LogP contribution in [0, 0.1) is 0 Å². The lowest BCUT2D eigenvalue weighted by molar-refractivity contribution is -0.110. The van der Waals surface area contributed by atoms with Crippen molar-refractivity contribution in [3.8, 4) is 0 Å². The van der Waals surface area contributed by atoms with Gasteiger partial charge in [-0.3, -0.25) is 4.79 Å². The Labute approximate surface area is 244 Å². The molecule has 0 amide bonds. The highest BCUT2D eigenvalue weighted by Crippen LogP contribution is 2.55. The fourth-order valence-corrected chi connectivity index (χ4v) is 6.57. The summed E-state index contributed by atoms with van der Waals surface area (Å²) in [6.07, 6.45) is 0. The van der Waals surface area contributed by atoms with Gasteiger partial charge in [-0.2, -0.15) is 10.2 Å². The van der Waals surface area contributed by atoms with E-state index in [9.17, 15) is 4.79 Å². The molecule has 1 atom stereocenters. The number of rotatable bonds is 4. The fourth-order valence-electron chi connectivity index (χ4n) is 5.09. The van der Waals surface area contributed by atoms with Gasteiger partial charge < -0.3 is 0 Å². The number of fused-ring (bicyclic) bond motifs is 2. The molecule has 0 N–H and O–H groups in total. The predicted octanol–water partition coefficient (Wildman–Crippen LogP) is 8.18. The van der Waals surface area contributed by atoms with Crippen molar-refractivity contribution in [1.29, 1.82) is 0 Å². The molecular weight excluding hydrogens is 536 g/mol. The normalized spacial score (nSPS) is 18.4. The Hall–Kier alpha value is -3.87. The quantitative estimate of drug-likeness (QED) is 0.251. The van der Waals surface area contributed by atoms with Crippen LogP contribution in [-0.4, -0.2) is 16.5 Å². The maximum absolute atomic E-state index is 12.8. The van der Waals surface area contributed by atoms with Crippen LogP contribution >= 0.6 is 23.4 Å². The van der Waals surface area contributed by atoms with E-state index in [0.29, 0.717) is 10.1 Å². The second-order valence-electron chi connectivity index (χ2n) is 10.9. The Morgan fingerprint density at radius 3 is 2.12 bits per heavy atom. The lowest BCUT2D eigenvalue weighted by atomic mass is 9.85. The van der Waals surface area contributed by atoms with Gasteiger partial charge in [0, 0.05) is 28.6 Å². The Balaban J connectivity index is 1.62. The fraction of sp³-hybridized carbons (Fsp3) is 0.182. The average molecular weight is 565 g/mol. The number of hydrogen-bond donors (Lipinski definition) is 0. The summed E-state index contributed by atoms with van der Waals surface area (Å²) in [4.78, 5) is 11.8. The van der Waals surface area contributed by atoms with E-state index in [1.54, 1.807) is 6.92 Å². The number of ketones is 1. The lowest BCUT2D eigenvalue weighted by Crippen LogP contribution is -2.54. The summed E-state index contributed by atoms with van der Waals surface area (Å²) in [7, 11) is 0. The molecule has 2 aliphatic rings. The first kappa shape index (κ1) is 26.4. The van der Waals surface area contributed by atoms with Crippen LogP contribution in [-0.2, 0) is 15.2 Å². The maximum Gasteiger partial charge on any atom is 0.234 e. The molecule has 0 fully saturated rings. The van der Waals surface area contributed by atoms with Gasteiger partial charge in [0.1, 0.15) is 0 Å². The zero-order chi connectivity index (χ0) is 28.1. The SMILES string of the molecule is CC(=O)C1=NN(c2cccc(Cl)c2)[C@]2(S1)c1ccccc1C(c1ccc(C(C)(C)C)cc1)=NN2c1ccccc1. The monoisotopic (exact) mass is 564 g/mol. The second kappa shape index (κ2) is 9.95. The minimum Gasteiger partial charge on any atom is -0.292 e. The number of Topliss-reactive ketones (excluding diaryl/α,β-unsaturated/α-hetero) is 1. The number of nitrogens with zero attached hydrogens (tertiary/aromatic N) is 4. The molecule has 200 valence electrons. The van der Waals surface area contributed by atoms with E-state index in [-0.39, 0.29) is 11.2 Å². The molecule has 0 radical (unpaired) electrons. The molecule has 0 aromatic heterocycles. The van der Waals surface area contributed by atoms with Crippen LogP contribution in [0.2, 0.25) is 5.02 Å². The van der Waals surface area contributed by atoms with Crippen LogP contribution in [0.1, 0.15) is 49.9 Å². The molecule has 40 heavy (non-hydrogen) atoms. The Kier molecular flexibility index (Phi) is 6.56. The summed E-state index contributed by atoms with van der Waals surface area (Å²) in [6, 6.07) is 34.5. The van der Waals surface area contributed by atoms with Crippen molar-refractivity contribution < 1.29 is 4.79 Å². The summed E-state index contributed by atoms with van der Waals surface area (Å²) >= 11 is 7.86. The average Bonchev–Trinajstić information content (AvgIpc) is 3.35. The molecule has 1 spiro atoms. The molecule has 0 bridgehead atoms. The van der Waals surface area contributed by atoms with Crippen LogP contribution < -0.4 is 10.0 Å². The molecule has 7 heteroatoms. The van der Waals surface area contributed by atoms with Gasteiger partial charge in [0.2, 0.25) is 4.99 Å². The second-order valence-corrected chi connectivity index (χ2v) is 12.5. The zero-order valence-electron chi connectivity index (χ0n) is 22.8. The molecule has 2 heterocycles. The highest BCUT2D eigenvalue weighted by Gasteiger charge is 2.55. The first-order valence-corrected chi connectivity index (χ1v) is 14.4. The zero-order valence-corrected chi connectivity index (χ0v) is 24.4. The molecule has 6 rings (SSSR count). The number of benzene rings is 4. The van der Waals surface area contributed by atoms with Crippen LogP contribution in [0.3, 0.4) is 0 Å². The summed E-state index contributed by atoms with van der Waals surface area (Å²) in [5.41, 5.74) is 6.78. The minimum absolute atomic E-state index is 0.0450. The van der Waals surface area contributed by atoms with Crippen molar-refractivity contribution in [2.75, 3.05) is 10.0 Å². The van der Waals surface area contributed by atoms with Gasteiger partial charge in [-0.05, 0) is 53.1 Å². The smallest absolute Gasteiger partial charge is 0.234 e. The van der Waals surface area contributed by atoms with Crippen molar-refractivity contribution in [3.63, 3.8) is 0 Å². The third-order valence-corrected chi connectivity index (χ3v) is 8.76. The van der Waals surface area contributed by atoms with E-state index in [1.807, 2.05) is 76.7 Å². The largest absolute Gasteiger partial charge is 0.292 e. The van der Waals surface area contributed by atoms with E-state index in [4.69, 9.17) is 21.8 Å². The van der Waals surface area contributed by atoms with Crippen molar-refractivity contribution >= 4 is 51.3 Å². The van der Waals surface area contributed by atoms with Crippen molar-refractivity contribution in [2.45, 2.75) is 38.1 Å². The number of carbonyl (C=O) groups is 1. The maximum atomic E-state index is 12.8. The minimum atomic E-state index is -1.00. The number of para-hydroxylation sites is 1. The highest BCUT2D eigenvalue weighted by atomic mass is 35.5. The van der Waals surface area contributed by atoms with Crippen molar-refractivity contribution in [2.24, 2.45) is 10.2 Å². The molecule has 5 nitrogen and oxygen atoms in total. The Morgan fingerprint density at radius 2 is 1.45 bits per heavy atom.